The highest BCUT2D eigenvalue weighted by Gasteiger charge is 2.18. The van der Waals surface area contributed by atoms with Gasteiger partial charge in [0.25, 0.3) is 0 Å². The van der Waals surface area contributed by atoms with Gasteiger partial charge in [0.2, 0.25) is 0 Å². The molecule has 0 aliphatic heterocycles. The molecule has 0 saturated carbocycles. The van der Waals surface area contributed by atoms with E-state index in [0.29, 0.717) is 22.4 Å². The number of rotatable bonds is 4. The maximum Gasteiger partial charge on any atom is 0.139 e. The fourth-order valence-corrected chi connectivity index (χ4v) is 4.48. The van der Waals surface area contributed by atoms with E-state index < -0.39 is 0 Å². The molecular weight excluding hydrogens is 435 g/mol. The number of benzene rings is 1. The van der Waals surface area contributed by atoms with Crippen molar-refractivity contribution in [2.45, 2.75) is 11.8 Å². The molecule has 1 atom stereocenters. The molecule has 19 heavy (non-hydrogen) atoms. The van der Waals surface area contributed by atoms with Crippen LogP contribution in [0.4, 0.5) is 0 Å². The van der Waals surface area contributed by atoms with Gasteiger partial charge in [0, 0.05) is 16.0 Å². The van der Waals surface area contributed by atoms with E-state index in [4.69, 9.17) is 27.9 Å². The van der Waals surface area contributed by atoms with Crippen LogP contribution in [0.5, 0.6) is 5.75 Å². The summed E-state index contributed by atoms with van der Waals surface area (Å²) in [6.07, 6.45) is 0. The Kier molecular flexibility index (Phi) is 5.61. The standard InChI is InChI=1S/C13H10Br2Cl2OS/c1-2-18-10-6-8(16)7(5-9(10)17)13(15)11-3-4-12(14)19-11/h3-6,13H,2H2,1H3. The second kappa shape index (κ2) is 6.81. The lowest BCUT2D eigenvalue weighted by atomic mass is 10.1. The molecule has 2 rings (SSSR count). The van der Waals surface area contributed by atoms with Crippen molar-refractivity contribution < 1.29 is 4.74 Å². The van der Waals surface area contributed by atoms with Gasteiger partial charge in [-0.3, -0.25) is 0 Å². The third-order valence-electron chi connectivity index (χ3n) is 2.47. The number of hydrogen-bond donors (Lipinski definition) is 0. The number of ether oxygens (including phenoxy) is 1. The molecule has 0 spiro atoms. The molecule has 102 valence electrons. The van der Waals surface area contributed by atoms with E-state index in [1.54, 1.807) is 17.4 Å². The predicted molar refractivity (Wildman–Crippen MR) is 90.4 cm³/mol. The summed E-state index contributed by atoms with van der Waals surface area (Å²) in [6, 6.07) is 7.68. The number of halogens is 4. The van der Waals surface area contributed by atoms with Crippen LogP contribution in [0.25, 0.3) is 0 Å². The zero-order valence-corrected chi connectivity index (χ0v) is 15.4. The highest BCUT2D eigenvalue weighted by atomic mass is 79.9. The van der Waals surface area contributed by atoms with Crippen molar-refractivity contribution in [1.82, 2.24) is 0 Å². The molecule has 0 N–H and O–H groups in total. The third kappa shape index (κ3) is 3.67. The van der Waals surface area contributed by atoms with Gasteiger partial charge in [0.05, 0.1) is 20.2 Å². The van der Waals surface area contributed by atoms with Gasteiger partial charge in [-0.25, -0.2) is 0 Å². The molecule has 6 heteroatoms. The summed E-state index contributed by atoms with van der Waals surface area (Å²) < 4.78 is 6.51. The summed E-state index contributed by atoms with van der Waals surface area (Å²) in [5.74, 6) is 0.616. The molecule has 1 unspecified atom stereocenters. The first-order valence-corrected chi connectivity index (χ1v) is 8.82. The Morgan fingerprint density at radius 2 is 2.00 bits per heavy atom. The van der Waals surface area contributed by atoms with Gasteiger partial charge >= 0.3 is 0 Å². The minimum absolute atomic E-state index is 0.0180. The Balaban J connectivity index is 2.37. The van der Waals surface area contributed by atoms with Gasteiger partial charge in [-0.2, -0.15) is 0 Å². The van der Waals surface area contributed by atoms with E-state index in [9.17, 15) is 0 Å². The Hall–Kier alpha value is 0.260. The second-order valence-electron chi connectivity index (χ2n) is 3.74. The van der Waals surface area contributed by atoms with Crippen LogP contribution in [-0.4, -0.2) is 6.61 Å². The van der Waals surface area contributed by atoms with Crippen LogP contribution < -0.4 is 4.74 Å². The summed E-state index contributed by atoms with van der Waals surface area (Å²) in [4.78, 5) is 1.18. The molecule has 0 bridgehead atoms. The summed E-state index contributed by atoms with van der Waals surface area (Å²) in [5.41, 5.74) is 0.935. The highest BCUT2D eigenvalue weighted by molar-refractivity contribution is 9.11. The van der Waals surface area contributed by atoms with E-state index in [1.807, 2.05) is 19.1 Å². The van der Waals surface area contributed by atoms with Crippen LogP contribution >= 0.6 is 66.4 Å². The van der Waals surface area contributed by atoms with E-state index in [2.05, 4.69) is 37.9 Å². The van der Waals surface area contributed by atoms with E-state index >= 15 is 0 Å². The molecule has 2 aromatic rings. The van der Waals surface area contributed by atoms with Crippen molar-refractivity contribution in [3.05, 3.63) is 48.5 Å². The van der Waals surface area contributed by atoms with Crippen LogP contribution in [0, 0.1) is 0 Å². The Morgan fingerprint density at radius 1 is 1.26 bits per heavy atom. The zero-order chi connectivity index (χ0) is 14.0. The van der Waals surface area contributed by atoms with Crippen molar-refractivity contribution in [1.29, 1.82) is 0 Å². The molecule has 0 amide bonds. The van der Waals surface area contributed by atoms with Gasteiger partial charge in [-0.05, 0) is 46.6 Å². The lowest BCUT2D eigenvalue weighted by Crippen LogP contribution is -1.96. The molecule has 0 saturated heterocycles. The lowest BCUT2D eigenvalue weighted by Gasteiger charge is -2.13. The molecular formula is C13H10Br2Cl2OS. The quantitative estimate of drug-likeness (QED) is 0.476. The molecule has 1 aromatic carbocycles. The molecule has 0 aliphatic rings. The van der Waals surface area contributed by atoms with Crippen molar-refractivity contribution in [3.63, 3.8) is 0 Å². The van der Waals surface area contributed by atoms with Crippen LogP contribution in [0.1, 0.15) is 22.2 Å². The first-order chi connectivity index (χ1) is 9.02. The van der Waals surface area contributed by atoms with E-state index in [0.717, 1.165) is 14.2 Å². The highest BCUT2D eigenvalue weighted by Crippen LogP contribution is 2.42. The number of alkyl halides is 1. The van der Waals surface area contributed by atoms with Crippen LogP contribution in [-0.2, 0) is 0 Å². The maximum absolute atomic E-state index is 6.31. The molecule has 0 radical (unpaired) electrons. The molecule has 1 heterocycles. The number of thiophene rings is 1. The van der Waals surface area contributed by atoms with Gasteiger partial charge in [0.1, 0.15) is 5.75 Å². The maximum atomic E-state index is 6.31. The first-order valence-electron chi connectivity index (χ1n) is 5.54. The van der Waals surface area contributed by atoms with Crippen molar-refractivity contribution >= 4 is 66.4 Å². The lowest BCUT2D eigenvalue weighted by molar-refractivity contribution is 0.340. The van der Waals surface area contributed by atoms with Crippen LogP contribution in [0.2, 0.25) is 10.0 Å². The van der Waals surface area contributed by atoms with Gasteiger partial charge in [-0.1, -0.05) is 39.1 Å². The van der Waals surface area contributed by atoms with Gasteiger partial charge in [-0.15, -0.1) is 11.3 Å². The summed E-state index contributed by atoms with van der Waals surface area (Å²) in [6.45, 7) is 2.47. The molecule has 0 fully saturated rings. The summed E-state index contributed by atoms with van der Waals surface area (Å²) >= 11 is 21.3. The average molecular weight is 445 g/mol. The zero-order valence-electron chi connectivity index (χ0n) is 9.92. The van der Waals surface area contributed by atoms with Gasteiger partial charge in [0.15, 0.2) is 0 Å². The first kappa shape index (κ1) is 15.6. The van der Waals surface area contributed by atoms with Crippen molar-refractivity contribution in [3.8, 4) is 5.75 Å². The fraction of sp³-hybridized carbons (Fsp3) is 0.231. The van der Waals surface area contributed by atoms with Crippen LogP contribution in [0.3, 0.4) is 0 Å². The minimum atomic E-state index is 0.0180. The topological polar surface area (TPSA) is 9.23 Å². The number of hydrogen-bond acceptors (Lipinski definition) is 2. The normalized spacial score (nSPS) is 12.5. The Morgan fingerprint density at radius 3 is 2.58 bits per heavy atom. The minimum Gasteiger partial charge on any atom is -0.492 e. The fourth-order valence-electron chi connectivity index (χ4n) is 1.62. The van der Waals surface area contributed by atoms with E-state index in [1.165, 1.54) is 0 Å². The largest absolute Gasteiger partial charge is 0.492 e. The second-order valence-corrected chi connectivity index (χ2v) is 7.97. The predicted octanol–water partition coefficient (Wildman–Crippen LogP) is 6.70. The average Bonchev–Trinajstić information content (AvgIpc) is 2.79. The molecule has 0 aliphatic carbocycles. The van der Waals surface area contributed by atoms with Crippen molar-refractivity contribution in [2.24, 2.45) is 0 Å². The Labute approximate surface area is 143 Å². The summed E-state index contributed by atoms with van der Waals surface area (Å²) in [7, 11) is 0. The molecule has 1 nitrogen and oxygen atoms in total. The van der Waals surface area contributed by atoms with Gasteiger partial charge < -0.3 is 4.74 Å². The van der Waals surface area contributed by atoms with E-state index in [-0.39, 0.29) is 4.83 Å². The van der Waals surface area contributed by atoms with Crippen LogP contribution in [0.15, 0.2) is 28.1 Å². The SMILES string of the molecule is CCOc1cc(Cl)c(C(Br)c2ccc(Br)s2)cc1Cl. The van der Waals surface area contributed by atoms with Crippen molar-refractivity contribution in [2.75, 3.05) is 6.61 Å². The Bertz CT molecular complexity index is 586. The third-order valence-corrected chi connectivity index (χ3v) is 6.07. The molecule has 1 aromatic heterocycles. The summed E-state index contributed by atoms with van der Waals surface area (Å²) in [5, 5.41) is 1.21. The smallest absolute Gasteiger partial charge is 0.139 e. The monoisotopic (exact) mass is 442 g/mol.